The van der Waals surface area contributed by atoms with Crippen LogP contribution in [0.3, 0.4) is 0 Å². The van der Waals surface area contributed by atoms with Crippen molar-refractivity contribution >= 4 is 5.91 Å². The van der Waals surface area contributed by atoms with Crippen LogP contribution >= 0.6 is 0 Å². The lowest BCUT2D eigenvalue weighted by atomic mass is 10.1. The summed E-state index contributed by atoms with van der Waals surface area (Å²) in [6.45, 7) is 3.60. The molecule has 5 nitrogen and oxygen atoms in total. The number of fused-ring (bicyclic) bond motifs is 2. The molecule has 0 unspecified atom stereocenters. The number of amides is 1. The molecule has 2 aromatic rings. The van der Waals surface area contributed by atoms with E-state index in [2.05, 4.69) is 28.8 Å². The molecule has 1 amide bonds. The zero-order valence-electron chi connectivity index (χ0n) is 13.4. The highest BCUT2D eigenvalue weighted by Gasteiger charge is 2.14. The van der Waals surface area contributed by atoms with Crippen LogP contribution in [-0.2, 0) is 19.6 Å². The zero-order chi connectivity index (χ0) is 16.4. The first-order valence-corrected chi connectivity index (χ1v) is 8.29. The van der Waals surface area contributed by atoms with Gasteiger partial charge in [-0.1, -0.05) is 18.2 Å². The summed E-state index contributed by atoms with van der Waals surface area (Å²) in [5.74, 6) is 1.24. The molecule has 0 saturated carbocycles. The summed E-state index contributed by atoms with van der Waals surface area (Å²) in [6.07, 6.45) is 0.851. The average Bonchev–Trinajstić information content (AvgIpc) is 2.95. The molecular formula is C19H20N2O3. The standard InChI is InChI=1S/C19H20N2O3/c22-19(14-4-5-17-18(9-14)24-7-1-6-23-17)21-10-13-2-3-15-11-20-12-16(15)8-13/h2-5,8-9,20H,1,6-7,10-12H2,(H,21,22). The van der Waals surface area contributed by atoms with Crippen molar-refractivity contribution in [3.05, 3.63) is 58.7 Å². The molecule has 2 N–H and O–H groups in total. The van der Waals surface area contributed by atoms with Crippen molar-refractivity contribution in [2.75, 3.05) is 13.2 Å². The van der Waals surface area contributed by atoms with E-state index in [-0.39, 0.29) is 5.91 Å². The Kier molecular flexibility index (Phi) is 4.09. The summed E-state index contributed by atoms with van der Waals surface area (Å²) in [6, 6.07) is 11.7. The summed E-state index contributed by atoms with van der Waals surface area (Å²) in [7, 11) is 0. The normalized spacial score (nSPS) is 15.5. The number of ether oxygens (including phenoxy) is 2. The molecule has 2 heterocycles. The molecular weight excluding hydrogens is 304 g/mol. The third-order valence-corrected chi connectivity index (χ3v) is 4.36. The summed E-state index contributed by atoms with van der Waals surface area (Å²) < 4.78 is 11.2. The van der Waals surface area contributed by atoms with Gasteiger partial charge in [-0.25, -0.2) is 0 Å². The Labute approximate surface area is 141 Å². The number of hydrogen-bond donors (Lipinski definition) is 2. The van der Waals surface area contributed by atoms with Crippen LogP contribution in [0, 0.1) is 0 Å². The predicted octanol–water partition coefficient (Wildman–Crippen LogP) is 2.38. The fraction of sp³-hybridized carbons (Fsp3) is 0.316. The van der Waals surface area contributed by atoms with Gasteiger partial charge in [-0.2, -0.15) is 0 Å². The van der Waals surface area contributed by atoms with Crippen LogP contribution in [0.15, 0.2) is 36.4 Å². The van der Waals surface area contributed by atoms with E-state index in [0.29, 0.717) is 36.8 Å². The minimum Gasteiger partial charge on any atom is -0.490 e. The van der Waals surface area contributed by atoms with Crippen molar-refractivity contribution in [2.45, 2.75) is 26.1 Å². The summed E-state index contributed by atoms with van der Waals surface area (Å²) in [5, 5.41) is 6.30. The maximum atomic E-state index is 12.4. The van der Waals surface area contributed by atoms with Crippen LogP contribution in [0.5, 0.6) is 11.5 Å². The van der Waals surface area contributed by atoms with Crippen molar-refractivity contribution < 1.29 is 14.3 Å². The molecule has 0 radical (unpaired) electrons. The lowest BCUT2D eigenvalue weighted by molar-refractivity contribution is 0.0950. The van der Waals surface area contributed by atoms with Gasteiger partial charge in [0, 0.05) is 31.6 Å². The molecule has 124 valence electrons. The first-order valence-electron chi connectivity index (χ1n) is 8.29. The summed E-state index contributed by atoms with van der Waals surface area (Å²) in [5.41, 5.74) is 4.35. The molecule has 0 atom stereocenters. The van der Waals surface area contributed by atoms with Crippen LogP contribution in [0.2, 0.25) is 0 Å². The van der Waals surface area contributed by atoms with Crippen LogP contribution in [0.4, 0.5) is 0 Å². The minimum absolute atomic E-state index is 0.107. The van der Waals surface area contributed by atoms with E-state index in [1.54, 1.807) is 18.2 Å². The summed E-state index contributed by atoms with van der Waals surface area (Å²) >= 11 is 0. The Hall–Kier alpha value is -2.53. The van der Waals surface area contributed by atoms with E-state index >= 15 is 0 Å². The minimum atomic E-state index is -0.107. The van der Waals surface area contributed by atoms with E-state index in [0.717, 1.165) is 25.1 Å². The molecule has 5 heteroatoms. The first kappa shape index (κ1) is 15.0. The lowest BCUT2D eigenvalue weighted by Crippen LogP contribution is -2.22. The van der Waals surface area contributed by atoms with Crippen LogP contribution in [0.25, 0.3) is 0 Å². The highest BCUT2D eigenvalue weighted by Crippen LogP contribution is 2.30. The third kappa shape index (κ3) is 3.08. The number of carbonyl (C=O) groups is 1. The van der Waals surface area contributed by atoms with Crippen LogP contribution < -0.4 is 20.1 Å². The van der Waals surface area contributed by atoms with Gasteiger partial charge in [0.25, 0.3) is 5.91 Å². The molecule has 0 spiro atoms. The fourth-order valence-corrected chi connectivity index (χ4v) is 3.05. The smallest absolute Gasteiger partial charge is 0.251 e. The highest BCUT2D eigenvalue weighted by atomic mass is 16.5. The molecule has 4 rings (SSSR count). The second-order valence-electron chi connectivity index (χ2n) is 6.10. The molecule has 0 aromatic heterocycles. The lowest BCUT2D eigenvalue weighted by Gasteiger charge is -2.10. The van der Waals surface area contributed by atoms with E-state index in [9.17, 15) is 4.79 Å². The van der Waals surface area contributed by atoms with Gasteiger partial charge in [-0.3, -0.25) is 4.79 Å². The number of benzene rings is 2. The predicted molar refractivity (Wildman–Crippen MR) is 90.2 cm³/mol. The Morgan fingerprint density at radius 1 is 1.00 bits per heavy atom. The Morgan fingerprint density at radius 3 is 2.75 bits per heavy atom. The molecule has 0 fully saturated rings. The molecule has 2 aliphatic heterocycles. The monoisotopic (exact) mass is 324 g/mol. The van der Waals surface area contributed by atoms with Crippen molar-refractivity contribution in [3.63, 3.8) is 0 Å². The molecule has 0 bridgehead atoms. The van der Waals surface area contributed by atoms with Crippen LogP contribution in [0.1, 0.15) is 33.5 Å². The zero-order valence-corrected chi connectivity index (χ0v) is 13.4. The largest absolute Gasteiger partial charge is 0.490 e. The van der Waals surface area contributed by atoms with Crippen molar-refractivity contribution in [1.82, 2.24) is 10.6 Å². The van der Waals surface area contributed by atoms with Gasteiger partial charge in [0.2, 0.25) is 0 Å². The number of hydrogen-bond acceptors (Lipinski definition) is 4. The molecule has 2 aromatic carbocycles. The second-order valence-corrected chi connectivity index (χ2v) is 6.10. The van der Waals surface area contributed by atoms with E-state index < -0.39 is 0 Å². The van der Waals surface area contributed by atoms with Crippen LogP contribution in [-0.4, -0.2) is 19.1 Å². The number of carbonyl (C=O) groups excluding carboxylic acids is 1. The van der Waals surface area contributed by atoms with Gasteiger partial charge in [0.1, 0.15) is 0 Å². The van der Waals surface area contributed by atoms with Gasteiger partial charge < -0.3 is 20.1 Å². The maximum Gasteiger partial charge on any atom is 0.251 e. The SMILES string of the molecule is O=C(NCc1ccc2c(c1)CNC2)c1ccc2c(c1)OCCCO2. The maximum absolute atomic E-state index is 12.4. The van der Waals surface area contributed by atoms with Gasteiger partial charge in [0.15, 0.2) is 11.5 Å². The van der Waals surface area contributed by atoms with Crippen molar-refractivity contribution in [2.24, 2.45) is 0 Å². The Morgan fingerprint density at radius 2 is 1.83 bits per heavy atom. The second kappa shape index (κ2) is 6.53. The highest BCUT2D eigenvalue weighted by molar-refractivity contribution is 5.94. The third-order valence-electron chi connectivity index (χ3n) is 4.36. The van der Waals surface area contributed by atoms with Gasteiger partial charge in [-0.05, 0) is 34.9 Å². The topological polar surface area (TPSA) is 59.6 Å². The number of nitrogens with one attached hydrogen (secondary N) is 2. The van der Waals surface area contributed by atoms with Gasteiger partial charge >= 0.3 is 0 Å². The fourth-order valence-electron chi connectivity index (χ4n) is 3.05. The van der Waals surface area contributed by atoms with Crippen molar-refractivity contribution in [3.8, 4) is 11.5 Å². The van der Waals surface area contributed by atoms with Crippen molar-refractivity contribution in [1.29, 1.82) is 0 Å². The molecule has 24 heavy (non-hydrogen) atoms. The average molecular weight is 324 g/mol. The van der Waals surface area contributed by atoms with E-state index in [4.69, 9.17) is 9.47 Å². The molecule has 0 aliphatic carbocycles. The first-order chi connectivity index (χ1) is 11.8. The number of rotatable bonds is 3. The quantitative estimate of drug-likeness (QED) is 0.910. The van der Waals surface area contributed by atoms with Gasteiger partial charge in [-0.15, -0.1) is 0 Å². The Balaban J connectivity index is 1.43. The molecule has 0 saturated heterocycles. The summed E-state index contributed by atoms with van der Waals surface area (Å²) in [4.78, 5) is 12.4. The van der Waals surface area contributed by atoms with E-state index in [1.807, 2.05) is 0 Å². The molecule has 2 aliphatic rings. The van der Waals surface area contributed by atoms with Gasteiger partial charge in [0.05, 0.1) is 13.2 Å². The van der Waals surface area contributed by atoms with E-state index in [1.165, 1.54) is 11.1 Å². The Bertz CT molecular complexity index is 773.